The lowest BCUT2D eigenvalue weighted by Gasteiger charge is -2.51. The molecule has 2 aliphatic heterocycles. The van der Waals surface area contributed by atoms with Crippen molar-refractivity contribution in [1.29, 1.82) is 0 Å². The molecule has 0 aliphatic carbocycles. The summed E-state index contributed by atoms with van der Waals surface area (Å²) in [6, 6.07) is 7.98. The van der Waals surface area contributed by atoms with Crippen molar-refractivity contribution in [3.05, 3.63) is 29.8 Å². The van der Waals surface area contributed by atoms with Crippen LogP contribution in [0, 0.1) is 5.92 Å². The second kappa shape index (κ2) is 8.22. The number of carbonyl (C=O) groups excluding carboxylic acids is 1. The van der Waals surface area contributed by atoms with E-state index in [-0.39, 0.29) is 5.97 Å². The number of nitrogens with zero attached hydrogens (tertiary/aromatic N) is 1. The van der Waals surface area contributed by atoms with Gasteiger partial charge in [-0.1, -0.05) is 0 Å². The van der Waals surface area contributed by atoms with E-state index in [1.807, 2.05) is 19.1 Å². The van der Waals surface area contributed by atoms with Crippen molar-refractivity contribution < 1.29 is 18.8 Å². The number of fused-ring (bicyclic) bond motifs is 1. The van der Waals surface area contributed by atoms with Crippen LogP contribution in [-0.2, 0) is 4.74 Å². The molecule has 0 N–H and O–H groups in total. The van der Waals surface area contributed by atoms with Crippen molar-refractivity contribution in [3.8, 4) is 5.75 Å². The van der Waals surface area contributed by atoms with Crippen LogP contribution in [-0.4, -0.2) is 49.8 Å². The number of ether oxygens (including phenoxy) is 2. The number of quaternary nitrogens is 1. The monoisotopic (exact) mass is 346 g/mol. The van der Waals surface area contributed by atoms with Crippen LogP contribution in [0.25, 0.3) is 0 Å². The van der Waals surface area contributed by atoms with Crippen molar-refractivity contribution in [1.82, 2.24) is 0 Å². The molecule has 0 unspecified atom stereocenters. The Balaban J connectivity index is 1.49. The fraction of sp³-hybridized carbons (Fsp3) is 0.667. The van der Waals surface area contributed by atoms with Crippen molar-refractivity contribution in [3.63, 3.8) is 0 Å². The fourth-order valence-corrected chi connectivity index (χ4v) is 4.81. The van der Waals surface area contributed by atoms with E-state index in [2.05, 4.69) is 7.05 Å². The van der Waals surface area contributed by atoms with Crippen LogP contribution in [0.5, 0.6) is 5.75 Å². The van der Waals surface area contributed by atoms with Gasteiger partial charge in [-0.15, -0.1) is 0 Å². The molecular weight excluding hydrogens is 314 g/mol. The lowest BCUT2D eigenvalue weighted by atomic mass is 9.80. The van der Waals surface area contributed by atoms with Crippen molar-refractivity contribution in [2.75, 3.05) is 33.4 Å². The molecule has 0 radical (unpaired) electrons. The largest absolute Gasteiger partial charge is 0.494 e. The number of hydrogen-bond donors (Lipinski definition) is 0. The molecule has 2 fully saturated rings. The molecule has 3 atom stereocenters. The molecule has 4 heteroatoms. The number of benzene rings is 1. The highest BCUT2D eigenvalue weighted by Gasteiger charge is 2.43. The Morgan fingerprint density at radius 2 is 1.88 bits per heavy atom. The average molecular weight is 346 g/mol. The van der Waals surface area contributed by atoms with Crippen molar-refractivity contribution in [2.24, 2.45) is 5.92 Å². The Kier molecular flexibility index (Phi) is 6.00. The first-order valence-electron chi connectivity index (χ1n) is 9.86. The van der Waals surface area contributed by atoms with E-state index in [0.29, 0.717) is 24.7 Å². The zero-order valence-electron chi connectivity index (χ0n) is 15.7. The first-order chi connectivity index (χ1) is 12.1. The second-order valence-electron chi connectivity index (χ2n) is 7.77. The van der Waals surface area contributed by atoms with E-state index in [4.69, 9.17) is 9.47 Å². The minimum Gasteiger partial charge on any atom is -0.494 e. The fourth-order valence-electron chi connectivity index (χ4n) is 4.81. The van der Waals surface area contributed by atoms with Gasteiger partial charge < -0.3 is 14.0 Å². The summed E-state index contributed by atoms with van der Waals surface area (Å²) in [5.74, 6) is 1.27. The van der Waals surface area contributed by atoms with Gasteiger partial charge in [0.25, 0.3) is 0 Å². The Morgan fingerprint density at radius 1 is 1.12 bits per heavy atom. The van der Waals surface area contributed by atoms with Crippen LogP contribution in [0.4, 0.5) is 0 Å². The summed E-state index contributed by atoms with van der Waals surface area (Å²) >= 11 is 0. The zero-order chi connectivity index (χ0) is 17.7. The molecule has 4 nitrogen and oxygen atoms in total. The maximum absolute atomic E-state index is 12.2. The van der Waals surface area contributed by atoms with Gasteiger partial charge in [0.05, 0.1) is 45.0 Å². The number of rotatable bonds is 6. The Hall–Kier alpha value is -1.55. The topological polar surface area (TPSA) is 35.5 Å². The summed E-state index contributed by atoms with van der Waals surface area (Å²) in [5, 5.41) is 0. The second-order valence-corrected chi connectivity index (χ2v) is 7.77. The summed E-state index contributed by atoms with van der Waals surface area (Å²) in [6.07, 6.45) is 7.67. The van der Waals surface area contributed by atoms with Crippen molar-refractivity contribution in [2.45, 2.75) is 51.5 Å². The Bertz CT molecular complexity index is 567. The molecule has 0 spiro atoms. The Labute approximate surface area is 151 Å². The molecule has 2 heterocycles. The van der Waals surface area contributed by atoms with E-state index in [1.54, 1.807) is 12.1 Å². The molecular formula is C21H32NO3+. The molecule has 3 rings (SSSR count). The van der Waals surface area contributed by atoms with Gasteiger partial charge in [-0.25, -0.2) is 4.79 Å². The highest BCUT2D eigenvalue weighted by Crippen LogP contribution is 2.37. The highest BCUT2D eigenvalue weighted by atomic mass is 16.5. The molecule has 0 amide bonds. The third kappa shape index (κ3) is 4.35. The van der Waals surface area contributed by atoms with Crippen LogP contribution in [0.15, 0.2) is 24.3 Å². The molecule has 0 bridgehead atoms. The van der Waals surface area contributed by atoms with Crippen molar-refractivity contribution >= 4 is 5.97 Å². The summed E-state index contributed by atoms with van der Waals surface area (Å²) in [6.45, 7) is 5.76. The summed E-state index contributed by atoms with van der Waals surface area (Å²) in [7, 11) is 2.43. The minimum absolute atomic E-state index is 0.222. The Morgan fingerprint density at radius 3 is 2.64 bits per heavy atom. The molecule has 25 heavy (non-hydrogen) atoms. The number of carbonyl (C=O) groups is 1. The summed E-state index contributed by atoms with van der Waals surface area (Å²) in [4.78, 5) is 12.2. The maximum atomic E-state index is 12.2. The van der Waals surface area contributed by atoms with Gasteiger partial charge >= 0.3 is 5.97 Å². The van der Waals surface area contributed by atoms with Gasteiger partial charge in [0, 0.05) is 5.92 Å². The number of hydrogen-bond acceptors (Lipinski definition) is 3. The van der Waals surface area contributed by atoms with Gasteiger partial charge in [0.15, 0.2) is 0 Å². The molecule has 0 aromatic heterocycles. The maximum Gasteiger partial charge on any atom is 0.338 e. The van der Waals surface area contributed by atoms with E-state index in [0.717, 1.165) is 18.2 Å². The van der Waals surface area contributed by atoms with Gasteiger partial charge in [-0.3, -0.25) is 0 Å². The predicted octanol–water partition coefficient (Wildman–Crippen LogP) is 4.04. The van der Waals surface area contributed by atoms with Crippen LogP contribution in [0.2, 0.25) is 0 Å². The summed E-state index contributed by atoms with van der Waals surface area (Å²) in [5.41, 5.74) is 0.602. The summed E-state index contributed by atoms with van der Waals surface area (Å²) < 4.78 is 12.2. The van der Waals surface area contributed by atoms with E-state index >= 15 is 0 Å². The van der Waals surface area contributed by atoms with Crippen LogP contribution in [0.1, 0.15) is 55.8 Å². The van der Waals surface area contributed by atoms with E-state index in [9.17, 15) is 4.79 Å². The van der Waals surface area contributed by atoms with Crippen LogP contribution in [0.3, 0.4) is 0 Å². The van der Waals surface area contributed by atoms with Gasteiger partial charge in [-0.05, 0) is 69.7 Å². The van der Waals surface area contributed by atoms with Gasteiger partial charge in [0.2, 0.25) is 0 Å². The quantitative estimate of drug-likeness (QED) is 0.576. The number of piperidine rings is 2. The predicted molar refractivity (Wildman–Crippen MR) is 98.8 cm³/mol. The van der Waals surface area contributed by atoms with Crippen LogP contribution < -0.4 is 4.74 Å². The average Bonchev–Trinajstić information content (AvgIpc) is 2.62. The van der Waals surface area contributed by atoms with Crippen LogP contribution >= 0.6 is 0 Å². The lowest BCUT2D eigenvalue weighted by molar-refractivity contribution is -0.947. The highest BCUT2D eigenvalue weighted by molar-refractivity contribution is 5.89. The smallest absolute Gasteiger partial charge is 0.338 e. The SMILES string of the molecule is CCOc1ccc(C(=O)OCC[C@H]2CCC[N@+]3(C)CCCC[C@@H]23)cc1. The van der Waals surface area contributed by atoms with E-state index in [1.165, 1.54) is 49.7 Å². The first kappa shape index (κ1) is 18.2. The standard InChI is InChI=1S/C21H32NO3/c1-3-24-19-11-9-18(10-12-19)21(23)25-16-13-17-7-6-15-22(2)14-5-4-8-20(17)22/h9-12,17,20H,3-8,13-16H2,1-2H3/q+1/t17-,20+,22+/m1/s1. The molecule has 138 valence electrons. The molecule has 1 aromatic carbocycles. The molecule has 1 aromatic rings. The van der Waals surface area contributed by atoms with Gasteiger partial charge in [-0.2, -0.15) is 0 Å². The molecule has 2 aliphatic rings. The minimum atomic E-state index is -0.222. The zero-order valence-corrected chi connectivity index (χ0v) is 15.7. The number of esters is 1. The first-order valence-corrected chi connectivity index (χ1v) is 9.86. The van der Waals surface area contributed by atoms with Gasteiger partial charge in [0.1, 0.15) is 5.75 Å². The third-order valence-electron chi connectivity index (χ3n) is 6.13. The van der Waals surface area contributed by atoms with E-state index < -0.39 is 0 Å². The normalized spacial score (nSPS) is 28.9. The molecule has 0 saturated carbocycles. The molecule has 2 saturated heterocycles. The third-order valence-corrected chi connectivity index (χ3v) is 6.13. The lowest BCUT2D eigenvalue weighted by Crippen LogP contribution is -2.60.